The van der Waals surface area contributed by atoms with Crippen molar-refractivity contribution in [1.29, 1.82) is 0 Å². The van der Waals surface area contributed by atoms with Crippen LogP contribution in [0.15, 0.2) is 30.6 Å². The maximum Gasteiger partial charge on any atom is 0.253 e. The van der Waals surface area contributed by atoms with Crippen molar-refractivity contribution in [2.24, 2.45) is 0 Å². The maximum absolute atomic E-state index is 12.0. The molecule has 1 saturated heterocycles. The largest absolute Gasteiger partial charge is 0.346 e. The minimum Gasteiger partial charge on any atom is -0.346 e. The topological polar surface area (TPSA) is 71.0 Å². The lowest BCUT2D eigenvalue weighted by Crippen LogP contribution is -2.25. The van der Waals surface area contributed by atoms with E-state index in [1.165, 1.54) is 12.8 Å². The molecule has 0 bridgehead atoms. The Labute approximate surface area is 129 Å². The van der Waals surface area contributed by atoms with Gasteiger partial charge in [0.15, 0.2) is 0 Å². The molecular formula is C16H19N5O. The zero-order chi connectivity index (χ0) is 15.4. The van der Waals surface area contributed by atoms with Gasteiger partial charge in [0.1, 0.15) is 0 Å². The summed E-state index contributed by atoms with van der Waals surface area (Å²) in [6, 6.07) is 5.39. The molecule has 1 N–H and O–H groups in total. The molecule has 3 heterocycles. The average molecular weight is 297 g/mol. The summed E-state index contributed by atoms with van der Waals surface area (Å²) < 4.78 is 0. The molecule has 0 unspecified atom stereocenters. The van der Waals surface area contributed by atoms with E-state index in [0.717, 1.165) is 30.4 Å². The van der Waals surface area contributed by atoms with Gasteiger partial charge >= 0.3 is 0 Å². The third-order valence-electron chi connectivity index (χ3n) is 3.64. The summed E-state index contributed by atoms with van der Waals surface area (Å²) in [7, 11) is 0. The normalized spacial score (nSPS) is 14.1. The van der Waals surface area contributed by atoms with E-state index in [1.807, 2.05) is 13.0 Å². The molecule has 1 aliphatic heterocycles. The first-order valence-corrected chi connectivity index (χ1v) is 7.50. The van der Waals surface area contributed by atoms with E-state index < -0.39 is 0 Å². The quantitative estimate of drug-likeness (QED) is 0.930. The second kappa shape index (κ2) is 6.51. The number of pyridine rings is 1. The van der Waals surface area contributed by atoms with Crippen LogP contribution in [-0.2, 0) is 6.54 Å². The van der Waals surface area contributed by atoms with Crippen LogP contribution >= 0.6 is 0 Å². The smallest absolute Gasteiger partial charge is 0.253 e. The Morgan fingerprint density at radius 2 is 2.14 bits per heavy atom. The van der Waals surface area contributed by atoms with E-state index in [1.54, 1.807) is 24.5 Å². The predicted molar refractivity (Wildman–Crippen MR) is 83.6 cm³/mol. The average Bonchev–Trinajstić information content (AvgIpc) is 3.07. The number of carbonyl (C=O) groups is 1. The summed E-state index contributed by atoms with van der Waals surface area (Å²) in [4.78, 5) is 27.2. The van der Waals surface area contributed by atoms with Crippen LogP contribution in [-0.4, -0.2) is 33.9 Å². The van der Waals surface area contributed by atoms with Crippen LogP contribution in [0.2, 0.25) is 0 Å². The second-order valence-electron chi connectivity index (χ2n) is 5.42. The van der Waals surface area contributed by atoms with Crippen LogP contribution < -0.4 is 10.2 Å². The van der Waals surface area contributed by atoms with Crippen molar-refractivity contribution in [1.82, 2.24) is 20.3 Å². The highest BCUT2D eigenvalue weighted by Gasteiger charge is 2.16. The first kappa shape index (κ1) is 14.4. The minimum absolute atomic E-state index is 0.146. The Bertz CT molecular complexity index is 653. The van der Waals surface area contributed by atoms with E-state index in [4.69, 9.17) is 0 Å². The third-order valence-corrected chi connectivity index (χ3v) is 3.64. The van der Waals surface area contributed by atoms with Gasteiger partial charge < -0.3 is 10.2 Å². The molecule has 1 amide bonds. The fourth-order valence-corrected chi connectivity index (χ4v) is 2.54. The molecule has 0 aliphatic carbocycles. The van der Waals surface area contributed by atoms with E-state index in [-0.39, 0.29) is 5.91 Å². The van der Waals surface area contributed by atoms with Crippen LogP contribution in [0.3, 0.4) is 0 Å². The van der Waals surface area contributed by atoms with Crippen molar-refractivity contribution in [3.8, 4) is 0 Å². The Hall–Kier alpha value is -2.50. The van der Waals surface area contributed by atoms with Crippen molar-refractivity contribution < 1.29 is 4.79 Å². The SMILES string of the molecule is Cc1cc(CNC(=O)c2cccnc2)nc(N2CCCC2)n1. The van der Waals surface area contributed by atoms with Gasteiger partial charge in [-0.25, -0.2) is 9.97 Å². The molecule has 3 rings (SSSR count). The van der Waals surface area contributed by atoms with E-state index in [2.05, 4.69) is 25.2 Å². The highest BCUT2D eigenvalue weighted by Crippen LogP contribution is 2.16. The number of aromatic nitrogens is 3. The number of aryl methyl sites for hydroxylation is 1. The lowest BCUT2D eigenvalue weighted by molar-refractivity contribution is 0.0950. The number of rotatable bonds is 4. The van der Waals surface area contributed by atoms with Gasteiger partial charge in [0.05, 0.1) is 17.8 Å². The number of carbonyl (C=O) groups excluding carboxylic acids is 1. The van der Waals surface area contributed by atoms with E-state index in [0.29, 0.717) is 12.1 Å². The monoisotopic (exact) mass is 297 g/mol. The molecule has 1 aliphatic rings. The van der Waals surface area contributed by atoms with Gasteiger partial charge in [-0.2, -0.15) is 0 Å². The molecule has 6 nitrogen and oxygen atoms in total. The van der Waals surface area contributed by atoms with Crippen LogP contribution in [0.1, 0.15) is 34.6 Å². The molecule has 6 heteroatoms. The fraction of sp³-hybridized carbons (Fsp3) is 0.375. The molecule has 0 aromatic carbocycles. The minimum atomic E-state index is -0.146. The van der Waals surface area contributed by atoms with Gasteiger partial charge in [-0.05, 0) is 38.0 Å². The summed E-state index contributed by atoms with van der Waals surface area (Å²) in [5.74, 6) is 0.621. The first-order chi connectivity index (χ1) is 10.7. The molecule has 22 heavy (non-hydrogen) atoms. The first-order valence-electron chi connectivity index (χ1n) is 7.50. The van der Waals surface area contributed by atoms with Crippen molar-refractivity contribution in [3.63, 3.8) is 0 Å². The Kier molecular flexibility index (Phi) is 4.27. The number of anilines is 1. The zero-order valence-corrected chi connectivity index (χ0v) is 12.6. The molecular weight excluding hydrogens is 278 g/mol. The van der Waals surface area contributed by atoms with Crippen LogP contribution in [0.4, 0.5) is 5.95 Å². The Morgan fingerprint density at radius 1 is 1.32 bits per heavy atom. The van der Waals surface area contributed by atoms with Crippen molar-refractivity contribution >= 4 is 11.9 Å². The molecule has 0 spiro atoms. The highest BCUT2D eigenvalue weighted by molar-refractivity contribution is 5.93. The second-order valence-corrected chi connectivity index (χ2v) is 5.42. The third kappa shape index (κ3) is 3.39. The molecule has 0 saturated carbocycles. The van der Waals surface area contributed by atoms with Gasteiger partial charge in [0, 0.05) is 31.2 Å². The Morgan fingerprint density at radius 3 is 2.86 bits per heavy atom. The number of nitrogens with zero attached hydrogens (tertiary/aromatic N) is 4. The lowest BCUT2D eigenvalue weighted by atomic mass is 10.2. The highest BCUT2D eigenvalue weighted by atomic mass is 16.1. The molecule has 0 radical (unpaired) electrons. The summed E-state index contributed by atoms with van der Waals surface area (Å²) in [6.45, 7) is 4.35. The molecule has 1 fully saturated rings. The van der Waals surface area contributed by atoms with Gasteiger partial charge in [0.25, 0.3) is 5.91 Å². The molecule has 0 atom stereocenters. The van der Waals surface area contributed by atoms with Crippen molar-refractivity contribution in [2.45, 2.75) is 26.3 Å². The number of amides is 1. The molecule has 2 aromatic heterocycles. The number of nitrogens with one attached hydrogen (secondary N) is 1. The van der Waals surface area contributed by atoms with Gasteiger partial charge in [-0.1, -0.05) is 0 Å². The van der Waals surface area contributed by atoms with Gasteiger partial charge in [-0.3, -0.25) is 9.78 Å². The summed E-state index contributed by atoms with van der Waals surface area (Å²) in [6.07, 6.45) is 5.57. The van der Waals surface area contributed by atoms with Gasteiger partial charge in [0.2, 0.25) is 5.95 Å². The van der Waals surface area contributed by atoms with Crippen LogP contribution in [0.5, 0.6) is 0 Å². The maximum atomic E-state index is 12.0. The molecule has 114 valence electrons. The lowest BCUT2D eigenvalue weighted by Gasteiger charge is -2.16. The predicted octanol–water partition coefficient (Wildman–Crippen LogP) is 1.71. The summed E-state index contributed by atoms with van der Waals surface area (Å²) >= 11 is 0. The Balaban J connectivity index is 1.68. The standard InChI is InChI=1S/C16H19N5O/c1-12-9-14(20-16(19-12)21-7-2-3-8-21)11-18-15(22)13-5-4-6-17-10-13/h4-6,9-10H,2-3,7-8,11H2,1H3,(H,18,22). The summed E-state index contributed by atoms with van der Waals surface area (Å²) in [5.41, 5.74) is 2.29. The van der Waals surface area contributed by atoms with Crippen molar-refractivity contribution in [2.75, 3.05) is 18.0 Å². The zero-order valence-electron chi connectivity index (χ0n) is 12.6. The van der Waals surface area contributed by atoms with Gasteiger partial charge in [-0.15, -0.1) is 0 Å². The van der Waals surface area contributed by atoms with E-state index in [9.17, 15) is 4.79 Å². The summed E-state index contributed by atoms with van der Waals surface area (Å²) in [5, 5.41) is 2.87. The fourth-order valence-electron chi connectivity index (χ4n) is 2.54. The number of hydrogen-bond acceptors (Lipinski definition) is 5. The van der Waals surface area contributed by atoms with Crippen LogP contribution in [0, 0.1) is 6.92 Å². The number of hydrogen-bond donors (Lipinski definition) is 1. The van der Waals surface area contributed by atoms with Crippen LogP contribution in [0.25, 0.3) is 0 Å². The van der Waals surface area contributed by atoms with Crippen molar-refractivity contribution in [3.05, 3.63) is 47.5 Å². The van der Waals surface area contributed by atoms with E-state index >= 15 is 0 Å². The molecule has 2 aromatic rings.